The minimum absolute atomic E-state index is 0.629. The SMILES string of the molecule is c1ccc(-c2nc(-c3ccccc3)nc(-c3ccc(-n4c5ccccc5c5cc6c7ccccc7n(-c7cccc8c9ccccc9n(-c9ccccc9)c78)c6cc54)cc3)n2)cc1. The first-order valence-electron chi connectivity index (χ1n) is 21.3. The fraction of sp³-hybridized carbons (Fsp3) is 0. The lowest BCUT2D eigenvalue weighted by Gasteiger charge is -2.14. The first-order chi connectivity index (χ1) is 31.3. The topological polar surface area (TPSA) is 53.5 Å². The summed E-state index contributed by atoms with van der Waals surface area (Å²) < 4.78 is 7.30. The van der Waals surface area contributed by atoms with Gasteiger partial charge in [-0.2, -0.15) is 0 Å². The van der Waals surface area contributed by atoms with Crippen LogP contribution in [0.4, 0.5) is 0 Å². The highest BCUT2D eigenvalue weighted by atomic mass is 15.1. The molecule has 0 aliphatic rings. The zero-order valence-corrected chi connectivity index (χ0v) is 34.0. The molecule has 4 aromatic heterocycles. The van der Waals surface area contributed by atoms with Crippen molar-refractivity contribution in [3.63, 3.8) is 0 Å². The summed E-state index contributed by atoms with van der Waals surface area (Å²) in [6, 6.07) is 77.5. The van der Waals surface area contributed by atoms with Crippen molar-refractivity contribution in [2.24, 2.45) is 0 Å². The average molecular weight is 805 g/mol. The fourth-order valence-corrected chi connectivity index (χ4v) is 9.69. The summed E-state index contributed by atoms with van der Waals surface area (Å²) in [5.41, 5.74) is 13.1. The van der Waals surface area contributed by atoms with Crippen LogP contribution in [0.1, 0.15) is 0 Å². The number of aromatic nitrogens is 6. The fourth-order valence-electron chi connectivity index (χ4n) is 9.69. The van der Waals surface area contributed by atoms with Crippen LogP contribution in [-0.2, 0) is 0 Å². The van der Waals surface area contributed by atoms with E-state index in [2.05, 4.69) is 171 Å². The molecule has 0 saturated heterocycles. The Morgan fingerprint density at radius 2 is 0.667 bits per heavy atom. The molecular weight excluding hydrogens is 769 g/mol. The normalized spacial score (nSPS) is 11.8. The van der Waals surface area contributed by atoms with Crippen LogP contribution in [0.3, 0.4) is 0 Å². The van der Waals surface area contributed by atoms with Gasteiger partial charge in [-0.05, 0) is 72.8 Å². The molecule has 0 aliphatic carbocycles. The van der Waals surface area contributed by atoms with Crippen LogP contribution >= 0.6 is 0 Å². The van der Waals surface area contributed by atoms with Gasteiger partial charge in [0.1, 0.15) is 0 Å². The first-order valence-corrected chi connectivity index (χ1v) is 21.3. The highest BCUT2D eigenvalue weighted by Crippen LogP contribution is 2.43. The second-order valence-electron chi connectivity index (χ2n) is 16.0. The highest BCUT2D eigenvalue weighted by Gasteiger charge is 2.22. The van der Waals surface area contributed by atoms with Crippen LogP contribution < -0.4 is 0 Å². The van der Waals surface area contributed by atoms with Crippen molar-refractivity contribution in [1.82, 2.24) is 28.7 Å². The van der Waals surface area contributed by atoms with Gasteiger partial charge >= 0.3 is 0 Å². The monoisotopic (exact) mass is 804 g/mol. The van der Waals surface area contributed by atoms with Gasteiger partial charge in [-0.15, -0.1) is 0 Å². The molecule has 9 aromatic carbocycles. The summed E-state index contributed by atoms with van der Waals surface area (Å²) in [4.78, 5) is 14.9. The van der Waals surface area contributed by atoms with E-state index in [0.717, 1.165) is 50.3 Å². The molecule has 6 heteroatoms. The van der Waals surface area contributed by atoms with E-state index in [-0.39, 0.29) is 0 Å². The number of benzene rings is 9. The van der Waals surface area contributed by atoms with Gasteiger partial charge in [-0.3, -0.25) is 0 Å². The smallest absolute Gasteiger partial charge is 0.164 e. The second-order valence-corrected chi connectivity index (χ2v) is 16.0. The van der Waals surface area contributed by atoms with Gasteiger partial charge in [0.05, 0.1) is 38.8 Å². The summed E-state index contributed by atoms with van der Waals surface area (Å²) in [5.74, 6) is 1.92. The molecule has 6 nitrogen and oxygen atoms in total. The summed E-state index contributed by atoms with van der Waals surface area (Å²) in [5, 5.41) is 7.30. The summed E-state index contributed by atoms with van der Waals surface area (Å²) in [6.07, 6.45) is 0. The Hall–Kier alpha value is -8.61. The van der Waals surface area contributed by atoms with E-state index in [1.54, 1.807) is 0 Å². The van der Waals surface area contributed by atoms with Crippen molar-refractivity contribution in [3.8, 4) is 51.2 Å². The quantitative estimate of drug-likeness (QED) is 0.168. The highest BCUT2D eigenvalue weighted by molar-refractivity contribution is 6.20. The minimum atomic E-state index is 0.629. The number of nitrogens with zero attached hydrogens (tertiary/aromatic N) is 6. The van der Waals surface area contributed by atoms with Crippen LogP contribution in [0.15, 0.2) is 218 Å². The lowest BCUT2D eigenvalue weighted by atomic mass is 10.1. The van der Waals surface area contributed by atoms with Crippen molar-refractivity contribution in [2.75, 3.05) is 0 Å². The predicted octanol–water partition coefficient (Wildman–Crippen LogP) is 14.2. The third-order valence-electron chi connectivity index (χ3n) is 12.5. The lowest BCUT2D eigenvalue weighted by Crippen LogP contribution is -2.01. The maximum Gasteiger partial charge on any atom is 0.164 e. The van der Waals surface area contributed by atoms with E-state index in [1.807, 2.05) is 60.7 Å². The van der Waals surface area contributed by atoms with Crippen molar-refractivity contribution in [3.05, 3.63) is 218 Å². The zero-order valence-electron chi connectivity index (χ0n) is 34.0. The van der Waals surface area contributed by atoms with Gasteiger partial charge in [0.25, 0.3) is 0 Å². The van der Waals surface area contributed by atoms with Crippen LogP contribution in [0.2, 0.25) is 0 Å². The molecule has 0 radical (unpaired) electrons. The largest absolute Gasteiger partial charge is 0.309 e. The Morgan fingerprint density at radius 3 is 1.24 bits per heavy atom. The third kappa shape index (κ3) is 5.48. The first kappa shape index (κ1) is 35.2. The van der Waals surface area contributed by atoms with Gasteiger partial charge < -0.3 is 13.7 Å². The average Bonchev–Trinajstić information content (AvgIpc) is 3.99. The minimum Gasteiger partial charge on any atom is -0.309 e. The van der Waals surface area contributed by atoms with Gasteiger partial charge in [0.15, 0.2) is 17.5 Å². The Morgan fingerprint density at radius 1 is 0.254 bits per heavy atom. The van der Waals surface area contributed by atoms with Gasteiger partial charge in [0, 0.05) is 60.4 Å². The van der Waals surface area contributed by atoms with E-state index in [9.17, 15) is 0 Å². The maximum absolute atomic E-state index is 5.01. The van der Waals surface area contributed by atoms with Gasteiger partial charge in [-0.1, -0.05) is 146 Å². The molecule has 0 saturated carbocycles. The molecule has 0 N–H and O–H groups in total. The van der Waals surface area contributed by atoms with Crippen LogP contribution in [0.5, 0.6) is 0 Å². The summed E-state index contributed by atoms with van der Waals surface area (Å²) >= 11 is 0. The molecule has 63 heavy (non-hydrogen) atoms. The Balaban J connectivity index is 1.04. The summed E-state index contributed by atoms with van der Waals surface area (Å²) in [6.45, 7) is 0. The van der Waals surface area contributed by atoms with Crippen LogP contribution in [-0.4, -0.2) is 28.7 Å². The Bertz CT molecular complexity index is 3820. The molecule has 0 aliphatic heterocycles. The summed E-state index contributed by atoms with van der Waals surface area (Å²) in [7, 11) is 0. The third-order valence-corrected chi connectivity index (χ3v) is 12.5. The molecule has 0 unspecified atom stereocenters. The Labute approximate surface area is 362 Å². The molecule has 13 aromatic rings. The van der Waals surface area contributed by atoms with E-state index in [4.69, 9.17) is 15.0 Å². The molecule has 4 heterocycles. The van der Waals surface area contributed by atoms with E-state index in [1.165, 1.54) is 48.9 Å². The molecule has 0 amide bonds. The van der Waals surface area contributed by atoms with E-state index >= 15 is 0 Å². The molecule has 0 spiro atoms. The number of hydrogen-bond donors (Lipinski definition) is 0. The molecule has 294 valence electrons. The van der Waals surface area contributed by atoms with Crippen molar-refractivity contribution >= 4 is 65.4 Å². The molecule has 13 rings (SSSR count). The number of para-hydroxylation sites is 5. The van der Waals surface area contributed by atoms with Crippen molar-refractivity contribution in [2.45, 2.75) is 0 Å². The Kier molecular flexibility index (Phi) is 7.80. The number of fused-ring (bicyclic) bond motifs is 9. The second kappa shape index (κ2) is 14.0. The van der Waals surface area contributed by atoms with Gasteiger partial charge in [0.2, 0.25) is 0 Å². The molecule has 0 atom stereocenters. The zero-order chi connectivity index (χ0) is 41.4. The van der Waals surface area contributed by atoms with E-state index < -0.39 is 0 Å². The van der Waals surface area contributed by atoms with Crippen molar-refractivity contribution < 1.29 is 0 Å². The van der Waals surface area contributed by atoms with E-state index in [0.29, 0.717) is 17.5 Å². The molecular formula is C57H36N6. The van der Waals surface area contributed by atoms with Gasteiger partial charge in [-0.25, -0.2) is 15.0 Å². The standard InChI is InChI=1S/C57H36N6/c1-4-17-37(18-5-1)55-58-56(38-19-6-2-7-20-38)60-57(59-55)39-31-33-41(34-32-39)61-48-27-13-11-24-43(48)46-35-47-44-25-12-15-29-50(44)63(53(47)36-52(46)61)51-30-16-26-45-42-23-10-14-28-49(42)62(54(45)51)40-21-8-3-9-22-40/h1-36H. The number of hydrogen-bond acceptors (Lipinski definition) is 3. The van der Waals surface area contributed by atoms with Crippen LogP contribution in [0, 0.1) is 0 Å². The van der Waals surface area contributed by atoms with Crippen LogP contribution in [0.25, 0.3) is 117 Å². The number of rotatable bonds is 6. The predicted molar refractivity (Wildman–Crippen MR) is 259 cm³/mol. The van der Waals surface area contributed by atoms with Crippen molar-refractivity contribution in [1.29, 1.82) is 0 Å². The lowest BCUT2D eigenvalue weighted by molar-refractivity contribution is 1.07. The molecule has 0 fully saturated rings. The molecule has 0 bridgehead atoms. The maximum atomic E-state index is 5.01.